The van der Waals surface area contributed by atoms with Crippen molar-refractivity contribution in [2.45, 2.75) is 44.2 Å². The van der Waals surface area contributed by atoms with Gasteiger partial charge in [0.05, 0.1) is 24.3 Å². The fraction of sp³-hybridized carbons (Fsp3) is 0.750. The standard InChI is InChI=1S/C20H32N4O4/c1-22-17(9-10-21-22)19-16(7-8-18(25)24(19)15-5-6-15)20(26)23(12-14-28-3)11-4-13-27-2/h9-10,15-16,19H,4-8,11-14H2,1-3H3. The number of hydrogen-bond acceptors (Lipinski definition) is 5. The van der Waals surface area contributed by atoms with E-state index in [1.165, 1.54) is 0 Å². The van der Waals surface area contributed by atoms with E-state index in [2.05, 4.69) is 5.10 Å². The van der Waals surface area contributed by atoms with Crippen LogP contribution in [0.15, 0.2) is 12.3 Å². The summed E-state index contributed by atoms with van der Waals surface area (Å²) in [6.45, 7) is 2.28. The highest BCUT2D eigenvalue weighted by molar-refractivity contribution is 5.85. The Morgan fingerprint density at radius 3 is 2.57 bits per heavy atom. The first-order valence-corrected chi connectivity index (χ1v) is 10.1. The summed E-state index contributed by atoms with van der Waals surface area (Å²) in [4.78, 5) is 30.2. The zero-order valence-electron chi connectivity index (χ0n) is 17.2. The van der Waals surface area contributed by atoms with Crippen molar-refractivity contribution < 1.29 is 19.1 Å². The second kappa shape index (κ2) is 9.52. The molecule has 0 spiro atoms. The van der Waals surface area contributed by atoms with E-state index >= 15 is 0 Å². The second-order valence-corrected chi connectivity index (χ2v) is 7.67. The van der Waals surface area contributed by atoms with Gasteiger partial charge < -0.3 is 19.3 Å². The van der Waals surface area contributed by atoms with Crippen molar-refractivity contribution in [3.8, 4) is 0 Å². The van der Waals surface area contributed by atoms with E-state index < -0.39 is 0 Å². The molecule has 2 heterocycles. The van der Waals surface area contributed by atoms with E-state index in [9.17, 15) is 9.59 Å². The minimum atomic E-state index is -0.256. The Bertz CT molecular complexity index is 673. The van der Waals surface area contributed by atoms with E-state index in [4.69, 9.17) is 9.47 Å². The van der Waals surface area contributed by atoms with Crippen LogP contribution in [0, 0.1) is 5.92 Å². The molecule has 8 nitrogen and oxygen atoms in total. The molecule has 1 saturated heterocycles. The largest absolute Gasteiger partial charge is 0.385 e. The van der Waals surface area contributed by atoms with Crippen LogP contribution in [0.1, 0.15) is 43.8 Å². The topological polar surface area (TPSA) is 76.9 Å². The molecule has 156 valence electrons. The zero-order valence-corrected chi connectivity index (χ0v) is 17.2. The SMILES string of the molecule is COCCCN(CCOC)C(=O)C1CCC(=O)N(C2CC2)C1c1ccnn1C. The molecule has 0 bridgehead atoms. The summed E-state index contributed by atoms with van der Waals surface area (Å²) >= 11 is 0. The van der Waals surface area contributed by atoms with Gasteiger partial charge in [-0.25, -0.2) is 0 Å². The second-order valence-electron chi connectivity index (χ2n) is 7.67. The van der Waals surface area contributed by atoms with Crippen LogP contribution < -0.4 is 0 Å². The molecule has 8 heteroatoms. The van der Waals surface area contributed by atoms with Gasteiger partial charge in [-0.2, -0.15) is 5.10 Å². The predicted molar refractivity (Wildman–Crippen MR) is 103 cm³/mol. The zero-order chi connectivity index (χ0) is 20.1. The molecule has 1 saturated carbocycles. The van der Waals surface area contributed by atoms with Crippen LogP contribution in [-0.4, -0.2) is 78.0 Å². The van der Waals surface area contributed by atoms with Crippen molar-refractivity contribution >= 4 is 11.8 Å². The van der Waals surface area contributed by atoms with Crippen molar-refractivity contribution in [1.29, 1.82) is 0 Å². The molecule has 2 unspecified atom stereocenters. The van der Waals surface area contributed by atoms with Crippen molar-refractivity contribution in [1.82, 2.24) is 19.6 Å². The number of likely N-dealkylation sites (tertiary alicyclic amines) is 1. The normalized spacial score (nSPS) is 22.5. The maximum absolute atomic E-state index is 13.6. The maximum Gasteiger partial charge on any atom is 0.228 e. The fourth-order valence-corrected chi connectivity index (χ4v) is 4.15. The first-order chi connectivity index (χ1) is 13.6. The van der Waals surface area contributed by atoms with E-state index in [1.54, 1.807) is 25.1 Å². The Balaban J connectivity index is 1.86. The number of aromatic nitrogens is 2. The Morgan fingerprint density at radius 1 is 1.21 bits per heavy atom. The monoisotopic (exact) mass is 392 g/mol. The van der Waals surface area contributed by atoms with Gasteiger partial charge in [0.2, 0.25) is 11.8 Å². The van der Waals surface area contributed by atoms with Crippen molar-refractivity contribution in [2.75, 3.05) is 40.5 Å². The molecule has 0 N–H and O–H groups in total. The quantitative estimate of drug-likeness (QED) is 0.562. The average molecular weight is 393 g/mol. The Kier molecular flexibility index (Phi) is 7.07. The molecule has 0 radical (unpaired) electrons. The molecule has 2 aliphatic rings. The molecule has 0 aromatic carbocycles. The molecule has 3 rings (SSSR count). The van der Waals surface area contributed by atoms with Crippen molar-refractivity contribution in [3.63, 3.8) is 0 Å². The number of nitrogens with zero attached hydrogens (tertiary/aromatic N) is 4. The molecule has 1 aromatic heterocycles. The highest BCUT2D eigenvalue weighted by Crippen LogP contribution is 2.44. The summed E-state index contributed by atoms with van der Waals surface area (Å²) in [6, 6.07) is 1.94. The summed E-state index contributed by atoms with van der Waals surface area (Å²) in [6.07, 6.45) is 5.55. The third-order valence-electron chi connectivity index (χ3n) is 5.71. The highest BCUT2D eigenvalue weighted by Gasteiger charge is 2.48. The molecular formula is C20H32N4O4. The molecule has 2 amide bonds. The van der Waals surface area contributed by atoms with Crippen LogP contribution in [0.4, 0.5) is 0 Å². The Morgan fingerprint density at radius 2 is 1.96 bits per heavy atom. The van der Waals surface area contributed by atoms with Crippen LogP contribution in [0.2, 0.25) is 0 Å². The first kappa shape index (κ1) is 20.8. The molecule has 2 fully saturated rings. The number of piperidine rings is 1. The first-order valence-electron chi connectivity index (χ1n) is 10.1. The van der Waals surface area contributed by atoms with E-state index in [-0.39, 0.29) is 29.8 Å². The number of amides is 2. The van der Waals surface area contributed by atoms with Crippen LogP contribution >= 0.6 is 0 Å². The summed E-state index contributed by atoms with van der Waals surface area (Å²) in [5, 5.41) is 4.30. The van der Waals surface area contributed by atoms with Crippen LogP contribution in [0.5, 0.6) is 0 Å². The number of carbonyl (C=O) groups excluding carboxylic acids is 2. The third kappa shape index (κ3) is 4.55. The average Bonchev–Trinajstić information content (AvgIpc) is 3.44. The van der Waals surface area contributed by atoms with Gasteiger partial charge in [0.25, 0.3) is 0 Å². The van der Waals surface area contributed by atoms with Gasteiger partial charge in [-0.3, -0.25) is 14.3 Å². The van der Waals surface area contributed by atoms with Crippen LogP contribution in [0.25, 0.3) is 0 Å². The van der Waals surface area contributed by atoms with E-state index in [1.807, 2.05) is 22.9 Å². The number of carbonyl (C=O) groups is 2. The minimum Gasteiger partial charge on any atom is -0.385 e. The Hall–Kier alpha value is -1.93. The van der Waals surface area contributed by atoms with Crippen LogP contribution in [-0.2, 0) is 26.1 Å². The molecule has 2 atom stereocenters. The minimum absolute atomic E-state index is 0.0949. The Labute approximate surface area is 166 Å². The van der Waals surface area contributed by atoms with Crippen molar-refractivity contribution in [3.05, 3.63) is 18.0 Å². The number of aryl methyl sites for hydroxylation is 1. The lowest BCUT2D eigenvalue weighted by Crippen LogP contribution is -2.51. The van der Waals surface area contributed by atoms with Gasteiger partial charge in [-0.15, -0.1) is 0 Å². The molecule has 1 aliphatic heterocycles. The fourth-order valence-electron chi connectivity index (χ4n) is 4.15. The number of hydrogen-bond donors (Lipinski definition) is 0. The van der Waals surface area contributed by atoms with E-state index in [0.717, 1.165) is 25.0 Å². The maximum atomic E-state index is 13.6. The summed E-state index contributed by atoms with van der Waals surface area (Å²) < 4.78 is 12.2. The van der Waals surface area contributed by atoms with Gasteiger partial charge >= 0.3 is 0 Å². The smallest absolute Gasteiger partial charge is 0.228 e. The van der Waals surface area contributed by atoms with Gasteiger partial charge in [0.1, 0.15) is 0 Å². The number of rotatable bonds is 10. The van der Waals surface area contributed by atoms with Gasteiger partial charge in [0.15, 0.2) is 0 Å². The predicted octanol–water partition coefficient (Wildman–Crippen LogP) is 1.37. The lowest BCUT2D eigenvalue weighted by atomic mass is 9.85. The summed E-state index contributed by atoms with van der Waals surface area (Å²) in [7, 11) is 5.19. The van der Waals surface area contributed by atoms with Gasteiger partial charge in [-0.05, 0) is 31.7 Å². The number of ether oxygens (including phenoxy) is 2. The van der Waals surface area contributed by atoms with Gasteiger partial charge in [0, 0.05) is 59.6 Å². The molecule has 28 heavy (non-hydrogen) atoms. The summed E-state index contributed by atoms with van der Waals surface area (Å²) in [5.41, 5.74) is 0.932. The van der Waals surface area contributed by atoms with Crippen LogP contribution in [0.3, 0.4) is 0 Å². The lowest BCUT2D eigenvalue weighted by molar-refractivity contribution is -0.149. The molecular weight excluding hydrogens is 360 g/mol. The van der Waals surface area contributed by atoms with Crippen molar-refractivity contribution in [2.24, 2.45) is 13.0 Å². The van der Waals surface area contributed by atoms with Gasteiger partial charge in [-0.1, -0.05) is 0 Å². The highest BCUT2D eigenvalue weighted by atomic mass is 16.5. The third-order valence-corrected chi connectivity index (χ3v) is 5.71. The van der Waals surface area contributed by atoms with E-state index in [0.29, 0.717) is 39.1 Å². The number of methoxy groups -OCH3 is 2. The summed E-state index contributed by atoms with van der Waals surface area (Å²) in [5.74, 6) is -0.00817. The lowest BCUT2D eigenvalue weighted by Gasteiger charge is -2.42. The molecule has 1 aromatic rings. The molecule has 1 aliphatic carbocycles.